The largest absolute Gasteiger partial charge is 0.355 e. The minimum absolute atomic E-state index is 0.182. The molecule has 2 aromatic carbocycles. The van der Waals surface area contributed by atoms with Crippen molar-refractivity contribution in [3.63, 3.8) is 0 Å². The van der Waals surface area contributed by atoms with E-state index in [1.54, 1.807) is 0 Å². The van der Waals surface area contributed by atoms with Crippen LogP contribution in [0.3, 0.4) is 0 Å². The highest BCUT2D eigenvalue weighted by molar-refractivity contribution is 5.75. The average molecular weight is 223 g/mol. The summed E-state index contributed by atoms with van der Waals surface area (Å²) in [6, 6.07) is 16.4. The van der Waals surface area contributed by atoms with Gasteiger partial charge in [0.2, 0.25) is 0 Å². The van der Waals surface area contributed by atoms with Crippen molar-refractivity contribution < 1.29 is 4.79 Å². The fraction of sp³-hybridized carbons (Fsp3) is 0.133. The number of hydrogen-bond donors (Lipinski definition) is 1. The Hall–Kier alpha value is -2.09. The standard InChI is InChI=1S/C15H13NO/c17-10-9-11-12-5-1-3-7-14(12)16-15-8-4-2-6-13(11)15/h1-8,10-11,16H,9H2. The molecule has 0 saturated carbocycles. The second-order valence-corrected chi connectivity index (χ2v) is 4.25. The summed E-state index contributed by atoms with van der Waals surface area (Å²) in [7, 11) is 0. The zero-order valence-corrected chi connectivity index (χ0v) is 9.39. The Labute approximate surface area is 100 Å². The van der Waals surface area contributed by atoms with Crippen LogP contribution < -0.4 is 5.32 Å². The van der Waals surface area contributed by atoms with E-state index in [1.807, 2.05) is 24.3 Å². The molecule has 0 spiro atoms. The number of anilines is 2. The Morgan fingerprint density at radius 3 is 2.00 bits per heavy atom. The van der Waals surface area contributed by atoms with Crippen LogP contribution in [-0.4, -0.2) is 6.29 Å². The Balaban J connectivity index is 2.16. The highest BCUT2D eigenvalue weighted by atomic mass is 16.1. The fourth-order valence-electron chi connectivity index (χ4n) is 2.49. The van der Waals surface area contributed by atoms with Gasteiger partial charge in [-0.3, -0.25) is 0 Å². The van der Waals surface area contributed by atoms with Gasteiger partial charge in [0.1, 0.15) is 6.29 Å². The molecule has 0 amide bonds. The van der Waals surface area contributed by atoms with Crippen LogP contribution in [0.25, 0.3) is 0 Å². The molecule has 0 saturated heterocycles. The van der Waals surface area contributed by atoms with Crippen molar-refractivity contribution in [3.05, 3.63) is 59.7 Å². The Bertz CT molecular complexity index is 517. The average Bonchev–Trinajstić information content (AvgIpc) is 2.39. The molecule has 0 fully saturated rings. The molecule has 84 valence electrons. The molecule has 0 aromatic heterocycles. The first-order chi connectivity index (χ1) is 8.40. The van der Waals surface area contributed by atoms with Gasteiger partial charge < -0.3 is 10.1 Å². The van der Waals surface area contributed by atoms with Crippen molar-refractivity contribution in [3.8, 4) is 0 Å². The fourth-order valence-corrected chi connectivity index (χ4v) is 2.49. The van der Waals surface area contributed by atoms with E-state index in [9.17, 15) is 4.79 Å². The maximum Gasteiger partial charge on any atom is 0.120 e. The molecule has 3 rings (SSSR count). The second-order valence-electron chi connectivity index (χ2n) is 4.25. The van der Waals surface area contributed by atoms with Crippen LogP contribution in [-0.2, 0) is 4.79 Å². The third-order valence-corrected chi connectivity index (χ3v) is 3.27. The van der Waals surface area contributed by atoms with Crippen LogP contribution in [0.5, 0.6) is 0 Å². The van der Waals surface area contributed by atoms with Gasteiger partial charge in [-0.2, -0.15) is 0 Å². The van der Waals surface area contributed by atoms with Crippen molar-refractivity contribution in [2.45, 2.75) is 12.3 Å². The smallest absolute Gasteiger partial charge is 0.120 e. The molecule has 2 nitrogen and oxygen atoms in total. The number of carbonyl (C=O) groups is 1. The van der Waals surface area contributed by atoms with E-state index in [1.165, 1.54) is 11.1 Å². The maximum atomic E-state index is 10.9. The Morgan fingerprint density at radius 2 is 1.47 bits per heavy atom. The van der Waals surface area contributed by atoms with Gasteiger partial charge in [0, 0.05) is 23.7 Å². The van der Waals surface area contributed by atoms with Crippen molar-refractivity contribution in [1.82, 2.24) is 0 Å². The lowest BCUT2D eigenvalue weighted by atomic mass is 9.84. The highest BCUT2D eigenvalue weighted by Crippen LogP contribution is 2.42. The molecule has 0 unspecified atom stereocenters. The maximum absolute atomic E-state index is 10.9. The number of para-hydroxylation sites is 2. The summed E-state index contributed by atoms with van der Waals surface area (Å²) in [6.45, 7) is 0. The van der Waals surface area contributed by atoms with Crippen LogP contribution in [0.15, 0.2) is 48.5 Å². The normalized spacial score (nSPS) is 13.4. The van der Waals surface area contributed by atoms with Gasteiger partial charge in [0.25, 0.3) is 0 Å². The van der Waals surface area contributed by atoms with Crippen molar-refractivity contribution in [2.75, 3.05) is 5.32 Å². The van der Waals surface area contributed by atoms with Crippen molar-refractivity contribution in [1.29, 1.82) is 0 Å². The molecule has 2 heteroatoms. The summed E-state index contributed by atoms with van der Waals surface area (Å²) in [5.41, 5.74) is 4.63. The predicted molar refractivity (Wildman–Crippen MR) is 68.7 cm³/mol. The summed E-state index contributed by atoms with van der Waals surface area (Å²) < 4.78 is 0. The summed E-state index contributed by atoms with van der Waals surface area (Å²) in [5, 5.41) is 3.41. The van der Waals surface area contributed by atoms with E-state index in [0.717, 1.165) is 17.7 Å². The molecular weight excluding hydrogens is 210 g/mol. The van der Waals surface area contributed by atoms with Gasteiger partial charge in [-0.15, -0.1) is 0 Å². The highest BCUT2D eigenvalue weighted by Gasteiger charge is 2.24. The Kier molecular flexibility index (Phi) is 2.41. The number of nitrogens with one attached hydrogen (secondary N) is 1. The first kappa shape index (κ1) is 10.1. The van der Waals surface area contributed by atoms with Crippen LogP contribution >= 0.6 is 0 Å². The molecule has 1 aliphatic rings. The van der Waals surface area contributed by atoms with E-state index in [-0.39, 0.29) is 5.92 Å². The van der Waals surface area contributed by atoms with E-state index >= 15 is 0 Å². The third kappa shape index (κ3) is 1.62. The topological polar surface area (TPSA) is 29.1 Å². The first-order valence-electron chi connectivity index (χ1n) is 5.78. The minimum atomic E-state index is 0.182. The number of benzene rings is 2. The third-order valence-electron chi connectivity index (χ3n) is 3.27. The number of fused-ring (bicyclic) bond motifs is 2. The molecule has 1 aliphatic heterocycles. The van der Waals surface area contributed by atoms with Gasteiger partial charge in [0.15, 0.2) is 0 Å². The first-order valence-corrected chi connectivity index (χ1v) is 5.78. The number of carbonyl (C=O) groups excluding carboxylic acids is 1. The second kappa shape index (κ2) is 4.06. The zero-order chi connectivity index (χ0) is 11.7. The lowest BCUT2D eigenvalue weighted by Gasteiger charge is -2.28. The van der Waals surface area contributed by atoms with E-state index in [4.69, 9.17) is 0 Å². The quantitative estimate of drug-likeness (QED) is 0.790. The molecule has 0 bridgehead atoms. The molecular formula is C15H13NO. The summed E-state index contributed by atoms with van der Waals surface area (Å²) in [4.78, 5) is 10.9. The SMILES string of the molecule is O=CCC1c2ccccc2Nc2ccccc21. The molecule has 0 aliphatic carbocycles. The molecule has 2 aromatic rings. The van der Waals surface area contributed by atoms with Gasteiger partial charge in [-0.05, 0) is 23.3 Å². The molecule has 1 N–H and O–H groups in total. The van der Waals surface area contributed by atoms with Crippen LogP contribution in [0, 0.1) is 0 Å². The number of rotatable bonds is 2. The van der Waals surface area contributed by atoms with Crippen molar-refractivity contribution >= 4 is 17.7 Å². The van der Waals surface area contributed by atoms with Crippen LogP contribution in [0.1, 0.15) is 23.5 Å². The minimum Gasteiger partial charge on any atom is -0.355 e. The van der Waals surface area contributed by atoms with Crippen LogP contribution in [0.2, 0.25) is 0 Å². The summed E-state index contributed by atoms with van der Waals surface area (Å²) >= 11 is 0. The molecule has 1 heterocycles. The van der Waals surface area contributed by atoms with E-state index in [2.05, 4.69) is 29.6 Å². The predicted octanol–water partition coefficient (Wildman–Crippen LogP) is 3.46. The van der Waals surface area contributed by atoms with E-state index in [0.29, 0.717) is 6.42 Å². The van der Waals surface area contributed by atoms with Gasteiger partial charge >= 0.3 is 0 Å². The van der Waals surface area contributed by atoms with Crippen LogP contribution in [0.4, 0.5) is 11.4 Å². The number of hydrogen-bond acceptors (Lipinski definition) is 2. The zero-order valence-electron chi connectivity index (χ0n) is 9.39. The van der Waals surface area contributed by atoms with Gasteiger partial charge in [-0.25, -0.2) is 0 Å². The molecule has 0 radical (unpaired) electrons. The lowest BCUT2D eigenvalue weighted by molar-refractivity contribution is -0.108. The monoisotopic (exact) mass is 223 g/mol. The van der Waals surface area contributed by atoms with Gasteiger partial charge in [-0.1, -0.05) is 36.4 Å². The molecule has 17 heavy (non-hydrogen) atoms. The van der Waals surface area contributed by atoms with E-state index < -0.39 is 0 Å². The Morgan fingerprint density at radius 1 is 0.941 bits per heavy atom. The van der Waals surface area contributed by atoms with Crippen molar-refractivity contribution in [2.24, 2.45) is 0 Å². The summed E-state index contributed by atoms with van der Waals surface area (Å²) in [6.07, 6.45) is 1.54. The number of aldehydes is 1. The molecule has 0 atom stereocenters. The lowest BCUT2D eigenvalue weighted by Crippen LogP contribution is -2.13. The summed E-state index contributed by atoms with van der Waals surface area (Å²) in [5.74, 6) is 0.182. The van der Waals surface area contributed by atoms with Gasteiger partial charge in [0.05, 0.1) is 0 Å².